The van der Waals surface area contributed by atoms with E-state index in [1.54, 1.807) is 11.9 Å². The molecule has 0 spiro atoms. The molecule has 0 aliphatic carbocycles. The van der Waals surface area contributed by atoms with E-state index in [0.29, 0.717) is 5.57 Å². The highest BCUT2D eigenvalue weighted by atomic mass is 16.2. The summed E-state index contributed by atoms with van der Waals surface area (Å²) in [5.74, 6) is -0.201. The van der Waals surface area contributed by atoms with Crippen LogP contribution in [0.1, 0.15) is 6.92 Å². The predicted molar refractivity (Wildman–Crippen MR) is 78.0 cm³/mol. The summed E-state index contributed by atoms with van der Waals surface area (Å²) >= 11 is 0. The van der Waals surface area contributed by atoms with Crippen LogP contribution in [0.2, 0.25) is 0 Å². The Morgan fingerprint density at radius 1 is 0.947 bits per heavy atom. The standard InChI is InChI=1S/C16H16N2O/c1-13(2)16(19)17-18(14-9-5-3-6-10-14)15-11-7-4-8-12-15/h3-12H,1H2,2H3,(H,17,19). The molecule has 0 heterocycles. The van der Waals surface area contributed by atoms with Crippen molar-refractivity contribution in [2.45, 2.75) is 6.92 Å². The first-order chi connectivity index (χ1) is 9.18. The summed E-state index contributed by atoms with van der Waals surface area (Å²) < 4.78 is 0. The number of carbonyl (C=O) groups is 1. The van der Waals surface area contributed by atoms with Crippen LogP contribution in [-0.4, -0.2) is 5.91 Å². The van der Waals surface area contributed by atoms with Crippen molar-refractivity contribution in [3.8, 4) is 0 Å². The van der Waals surface area contributed by atoms with Gasteiger partial charge in [0.05, 0.1) is 11.4 Å². The number of nitrogens with one attached hydrogen (secondary N) is 1. The second-order valence-electron chi connectivity index (χ2n) is 4.23. The summed E-state index contributed by atoms with van der Waals surface area (Å²) in [6.07, 6.45) is 0. The van der Waals surface area contributed by atoms with Crippen LogP contribution in [0.25, 0.3) is 0 Å². The van der Waals surface area contributed by atoms with Crippen LogP contribution in [0.3, 0.4) is 0 Å². The molecule has 96 valence electrons. The van der Waals surface area contributed by atoms with Crippen LogP contribution in [0.5, 0.6) is 0 Å². The zero-order chi connectivity index (χ0) is 13.7. The molecule has 2 rings (SSSR count). The molecule has 2 aromatic carbocycles. The molecule has 0 fully saturated rings. The van der Waals surface area contributed by atoms with Crippen LogP contribution < -0.4 is 10.4 Å². The van der Waals surface area contributed by atoms with Gasteiger partial charge in [-0.05, 0) is 31.2 Å². The van der Waals surface area contributed by atoms with Gasteiger partial charge in [-0.15, -0.1) is 0 Å². The molecule has 2 aromatic rings. The minimum absolute atomic E-state index is 0.201. The van der Waals surface area contributed by atoms with E-state index in [9.17, 15) is 4.79 Å². The first-order valence-corrected chi connectivity index (χ1v) is 6.05. The molecule has 3 nitrogen and oxygen atoms in total. The van der Waals surface area contributed by atoms with Gasteiger partial charge in [0.1, 0.15) is 0 Å². The minimum Gasteiger partial charge on any atom is -0.268 e. The summed E-state index contributed by atoms with van der Waals surface area (Å²) in [4.78, 5) is 11.8. The van der Waals surface area contributed by atoms with E-state index in [4.69, 9.17) is 0 Å². The maximum atomic E-state index is 11.8. The van der Waals surface area contributed by atoms with Crippen molar-refractivity contribution in [2.24, 2.45) is 0 Å². The lowest BCUT2D eigenvalue weighted by Gasteiger charge is -2.25. The molecular formula is C16H16N2O. The number of benzene rings is 2. The largest absolute Gasteiger partial charge is 0.268 e. The summed E-state index contributed by atoms with van der Waals surface area (Å²) in [7, 11) is 0. The average Bonchev–Trinajstić information content (AvgIpc) is 2.46. The fraction of sp³-hybridized carbons (Fsp3) is 0.0625. The molecule has 0 saturated heterocycles. The van der Waals surface area contributed by atoms with E-state index in [0.717, 1.165) is 11.4 Å². The number of nitrogens with zero attached hydrogens (tertiary/aromatic N) is 1. The van der Waals surface area contributed by atoms with Crippen molar-refractivity contribution in [3.63, 3.8) is 0 Å². The third-order valence-electron chi connectivity index (χ3n) is 2.63. The minimum atomic E-state index is -0.201. The molecule has 0 bridgehead atoms. The van der Waals surface area contributed by atoms with Crippen molar-refractivity contribution < 1.29 is 4.79 Å². The van der Waals surface area contributed by atoms with Crippen LogP contribution >= 0.6 is 0 Å². The zero-order valence-electron chi connectivity index (χ0n) is 10.8. The highest BCUT2D eigenvalue weighted by molar-refractivity contribution is 5.94. The lowest BCUT2D eigenvalue weighted by molar-refractivity contribution is -0.117. The fourth-order valence-corrected chi connectivity index (χ4v) is 1.63. The second-order valence-corrected chi connectivity index (χ2v) is 4.23. The Morgan fingerprint density at radius 3 is 1.74 bits per heavy atom. The molecule has 0 aromatic heterocycles. The third kappa shape index (κ3) is 3.22. The predicted octanol–water partition coefficient (Wildman–Crippen LogP) is 3.43. The summed E-state index contributed by atoms with van der Waals surface area (Å²) in [6.45, 7) is 5.34. The summed E-state index contributed by atoms with van der Waals surface area (Å²) in [5.41, 5.74) is 5.10. The van der Waals surface area contributed by atoms with Crippen molar-refractivity contribution in [1.29, 1.82) is 0 Å². The first kappa shape index (κ1) is 12.9. The number of amides is 1. The molecule has 0 aliphatic rings. The van der Waals surface area contributed by atoms with E-state index in [2.05, 4.69) is 12.0 Å². The van der Waals surface area contributed by atoms with Crippen LogP contribution in [0.4, 0.5) is 11.4 Å². The van der Waals surface area contributed by atoms with Gasteiger partial charge in [0.15, 0.2) is 0 Å². The van der Waals surface area contributed by atoms with Gasteiger partial charge in [0, 0.05) is 5.57 Å². The highest BCUT2D eigenvalue weighted by Gasteiger charge is 2.12. The van der Waals surface area contributed by atoms with E-state index < -0.39 is 0 Å². The maximum absolute atomic E-state index is 11.8. The van der Waals surface area contributed by atoms with Crippen molar-refractivity contribution in [2.75, 3.05) is 5.01 Å². The molecule has 19 heavy (non-hydrogen) atoms. The Labute approximate surface area is 113 Å². The van der Waals surface area contributed by atoms with Crippen LogP contribution in [0.15, 0.2) is 72.8 Å². The highest BCUT2D eigenvalue weighted by Crippen LogP contribution is 2.22. The van der Waals surface area contributed by atoms with Gasteiger partial charge in [-0.1, -0.05) is 43.0 Å². The molecular weight excluding hydrogens is 236 g/mol. The number of rotatable bonds is 4. The third-order valence-corrected chi connectivity index (χ3v) is 2.63. The Kier molecular flexibility index (Phi) is 3.98. The van der Waals surface area contributed by atoms with Crippen molar-refractivity contribution >= 4 is 17.3 Å². The van der Waals surface area contributed by atoms with Crippen molar-refractivity contribution in [3.05, 3.63) is 72.8 Å². The van der Waals surface area contributed by atoms with Gasteiger partial charge in [-0.3, -0.25) is 15.2 Å². The quantitative estimate of drug-likeness (QED) is 0.668. The zero-order valence-corrected chi connectivity index (χ0v) is 10.8. The lowest BCUT2D eigenvalue weighted by atomic mass is 10.2. The van der Waals surface area contributed by atoms with E-state index in [-0.39, 0.29) is 5.91 Å². The molecule has 1 N–H and O–H groups in total. The van der Waals surface area contributed by atoms with Gasteiger partial charge in [-0.25, -0.2) is 0 Å². The molecule has 0 radical (unpaired) electrons. The van der Waals surface area contributed by atoms with Crippen molar-refractivity contribution in [1.82, 2.24) is 5.43 Å². The summed E-state index contributed by atoms with van der Waals surface area (Å²) in [5, 5.41) is 1.75. The average molecular weight is 252 g/mol. The molecule has 1 amide bonds. The first-order valence-electron chi connectivity index (χ1n) is 6.05. The Bertz CT molecular complexity index is 524. The fourth-order valence-electron chi connectivity index (χ4n) is 1.63. The Hall–Kier alpha value is -2.55. The second kappa shape index (κ2) is 5.87. The molecule has 0 unspecified atom stereocenters. The SMILES string of the molecule is C=C(C)C(=O)NN(c1ccccc1)c1ccccc1. The maximum Gasteiger partial charge on any atom is 0.265 e. The molecule has 3 heteroatoms. The number of anilines is 2. The number of hydrogen-bond donors (Lipinski definition) is 1. The normalized spacial score (nSPS) is 9.74. The van der Waals surface area contributed by atoms with E-state index in [1.807, 2.05) is 60.7 Å². The Balaban J connectivity index is 2.34. The van der Waals surface area contributed by atoms with E-state index >= 15 is 0 Å². The number of hydrazine groups is 1. The number of hydrogen-bond acceptors (Lipinski definition) is 2. The van der Waals surface area contributed by atoms with Gasteiger partial charge in [-0.2, -0.15) is 0 Å². The lowest BCUT2D eigenvalue weighted by Crippen LogP contribution is -2.39. The van der Waals surface area contributed by atoms with Gasteiger partial charge < -0.3 is 0 Å². The number of carbonyl (C=O) groups excluding carboxylic acids is 1. The van der Waals surface area contributed by atoms with E-state index in [1.165, 1.54) is 0 Å². The monoisotopic (exact) mass is 252 g/mol. The smallest absolute Gasteiger partial charge is 0.265 e. The molecule has 0 aliphatic heterocycles. The molecule has 0 atom stereocenters. The van der Waals surface area contributed by atoms with Gasteiger partial charge in [0.25, 0.3) is 5.91 Å². The summed E-state index contributed by atoms with van der Waals surface area (Å²) in [6, 6.07) is 19.3. The van der Waals surface area contributed by atoms with Crippen LogP contribution in [-0.2, 0) is 4.79 Å². The number of para-hydroxylation sites is 2. The van der Waals surface area contributed by atoms with Crippen LogP contribution in [0, 0.1) is 0 Å². The van der Waals surface area contributed by atoms with Gasteiger partial charge >= 0.3 is 0 Å². The molecule has 0 saturated carbocycles. The van der Waals surface area contributed by atoms with Gasteiger partial charge in [0.2, 0.25) is 0 Å². The topological polar surface area (TPSA) is 32.3 Å². The Morgan fingerprint density at radius 2 is 1.37 bits per heavy atom.